The zero-order chi connectivity index (χ0) is 14.5. The lowest BCUT2D eigenvalue weighted by atomic mass is 10.0. The molecule has 0 radical (unpaired) electrons. The minimum absolute atomic E-state index is 0.298. The van der Waals surface area contributed by atoms with E-state index in [1.165, 1.54) is 12.1 Å². The van der Waals surface area contributed by atoms with Crippen LogP contribution >= 0.6 is 0 Å². The smallest absolute Gasteiger partial charge is 0.144 e. The lowest BCUT2D eigenvalue weighted by Crippen LogP contribution is -2.06. The average molecular weight is 269 g/mol. The molecule has 0 bridgehead atoms. The molecule has 0 unspecified atom stereocenters. The molecule has 0 aliphatic carbocycles. The molecule has 0 fully saturated rings. The number of nitrogens with one attached hydrogen (secondary N) is 1. The second-order valence-electron chi connectivity index (χ2n) is 4.57. The molecular weight excluding hydrogens is 253 g/mol. The van der Waals surface area contributed by atoms with Gasteiger partial charge in [-0.1, -0.05) is 19.1 Å². The maximum atomic E-state index is 13.3. The third-order valence-electron chi connectivity index (χ3n) is 3.01. The van der Waals surface area contributed by atoms with E-state index in [2.05, 4.69) is 16.4 Å². The van der Waals surface area contributed by atoms with E-state index in [9.17, 15) is 9.65 Å². The van der Waals surface area contributed by atoms with Gasteiger partial charge in [0.05, 0.1) is 5.56 Å². The Morgan fingerprint density at radius 2 is 2.15 bits per heavy atom. The number of benzene rings is 1. The summed E-state index contributed by atoms with van der Waals surface area (Å²) in [5, 5.41) is 12.4. The van der Waals surface area contributed by atoms with Crippen molar-refractivity contribution in [1.82, 2.24) is 4.98 Å². The Balaban J connectivity index is 2.48. The van der Waals surface area contributed by atoms with Gasteiger partial charge in [-0.3, -0.25) is 0 Å². The summed E-state index contributed by atoms with van der Waals surface area (Å²) in [6.07, 6.45) is 0.956. The molecule has 0 aliphatic rings. The summed E-state index contributed by atoms with van der Waals surface area (Å²) >= 11 is 0. The second-order valence-corrected chi connectivity index (χ2v) is 4.57. The molecule has 1 N–H and O–H groups in total. The van der Waals surface area contributed by atoms with Crippen molar-refractivity contribution >= 4 is 5.82 Å². The second kappa shape index (κ2) is 6.16. The van der Waals surface area contributed by atoms with E-state index in [4.69, 9.17) is 0 Å². The highest BCUT2D eigenvalue weighted by Crippen LogP contribution is 2.27. The summed E-state index contributed by atoms with van der Waals surface area (Å²) in [4.78, 5) is 4.43. The van der Waals surface area contributed by atoms with Crippen LogP contribution < -0.4 is 5.32 Å². The summed E-state index contributed by atoms with van der Waals surface area (Å²) in [6, 6.07) is 10.2. The molecule has 4 heteroatoms. The zero-order valence-electron chi connectivity index (χ0n) is 11.6. The minimum Gasteiger partial charge on any atom is -0.369 e. The lowest BCUT2D eigenvalue weighted by molar-refractivity contribution is 0.628. The first-order valence-corrected chi connectivity index (χ1v) is 6.57. The van der Waals surface area contributed by atoms with Gasteiger partial charge in [0.1, 0.15) is 17.7 Å². The van der Waals surface area contributed by atoms with Crippen LogP contribution in [0.1, 0.15) is 24.6 Å². The molecule has 102 valence electrons. The standard InChI is InChI=1S/C16H16FN3/c1-3-7-19-16-13(10-18)9-15(11(2)20-16)12-5-4-6-14(17)8-12/h4-6,8-9H,3,7H2,1-2H3,(H,19,20). The lowest BCUT2D eigenvalue weighted by Gasteiger charge is -2.11. The summed E-state index contributed by atoms with van der Waals surface area (Å²) in [5.74, 6) is 0.292. The van der Waals surface area contributed by atoms with E-state index >= 15 is 0 Å². The highest BCUT2D eigenvalue weighted by atomic mass is 19.1. The van der Waals surface area contributed by atoms with Crippen LogP contribution in [0.5, 0.6) is 0 Å². The number of pyridine rings is 1. The number of aryl methyl sites for hydroxylation is 1. The van der Waals surface area contributed by atoms with Crippen LogP contribution in [0.2, 0.25) is 0 Å². The van der Waals surface area contributed by atoms with E-state index < -0.39 is 0 Å². The Kier molecular flexibility index (Phi) is 4.31. The van der Waals surface area contributed by atoms with E-state index in [1.54, 1.807) is 12.1 Å². The predicted octanol–water partition coefficient (Wildman–Crippen LogP) is 3.89. The molecule has 1 heterocycles. The van der Waals surface area contributed by atoms with Gasteiger partial charge in [-0.15, -0.1) is 0 Å². The van der Waals surface area contributed by atoms with Gasteiger partial charge in [-0.05, 0) is 37.1 Å². The molecule has 20 heavy (non-hydrogen) atoms. The Labute approximate surface area is 118 Å². The number of hydrogen-bond donors (Lipinski definition) is 1. The minimum atomic E-state index is -0.298. The highest BCUT2D eigenvalue weighted by molar-refractivity contribution is 5.70. The Bertz CT molecular complexity index is 659. The molecule has 0 aliphatic heterocycles. The van der Waals surface area contributed by atoms with Crippen molar-refractivity contribution in [3.63, 3.8) is 0 Å². The van der Waals surface area contributed by atoms with Crippen LogP contribution in [0.15, 0.2) is 30.3 Å². The van der Waals surface area contributed by atoms with Crippen molar-refractivity contribution in [2.24, 2.45) is 0 Å². The van der Waals surface area contributed by atoms with Crippen molar-refractivity contribution in [3.05, 3.63) is 47.4 Å². The van der Waals surface area contributed by atoms with Crippen molar-refractivity contribution in [1.29, 1.82) is 5.26 Å². The Hall–Kier alpha value is -2.41. The molecule has 0 amide bonds. The van der Waals surface area contributed by atoms with Crippen LogP contribution in [0.3, 0.4) is 0 Å². The fraction of sp³-hybridized carbons (Fsp3) is 0.250. The number of anilines is 1. The van der Waals surface area contributed by atoms with Crippen LogP contribution in [-0.4, -0.2) is 11.5 Å². The van der Waals surface area contributed by atoms with E-state index in [0.717, 1.165) is 29.8 Å². The molecule has 1 aromatic carbocycles. The average Bonchev–Trinajstić information content (AvgIpc) is 2.45. The number of rotatable bonds is 4. The van der Waals surface area contributed by atoms with Gasteiger partial charge in [-0.2, -0.15) is 5.26 Å². The first-order chi connectivity index (χ1) is 9.65. The molecule has 0 saturated heterocycles. The van der Waals surface area contributed by atoms with Gasteiger partial charge in [0, 0.05) is 17.8 Å². The van der Waals surface area contributed by atoms with Gasteiger partial charge in [0.15, 0.2) is 0 Å². The monoisotopic (exact) mass is 269 g/mol. The van der Waals surface area contributed by atoms with Gasteiger partial charge in [-0.25, -0.2) is 9.37 Å². The number of aromatic nitrogens is 1. The highest BCUT2D eigenvalue weighted by Gasteiger charge is 2.10. The zero-order valence-corrected chi connectivity index (χ0v) is 11.6. The van der Waals surface area contributed by atoms with Crippen molar-refractivity contribution < 1.29 is 4.39 Å². The molecule has 0 spiro atoms. The van der Waals surface area contributed by atoms with Gasteiger partial charge < -0.3 is 5.32 Å². The number of nitrogens with zero attached hydrogens (tertiary/aromatic N) is 2. The third-order valence-corrected chi connectivity index (χ3v) is 3.01. The Morgan fingerprint density at radius 1 is 1.35 bits per heavy atom. The molecule has 2 rings (SSSR count). The molecule has 2 aromatic rings. The maximum Gasteiger partial charge on any atom is 0.144 e. The first-order valence-electron chi connectivity index (χ1n) is 6.57. The predicted molar refractivity (Wildman–Crippen MR) is 77.9 cm³/mol. The Morgan fingerprint density at radius 3 is 2.80 bits per heavy atom. The van der Waals surface area contributed by atoms with Crippen LogP contribution in [0.4, 0.5) is 10.2 Å². The van der Waals surface area contributed by atoms with Crippen LogP contribution in [0, 0.1) is 24.1 Å². The SMILES string of the molecule is CCCNc1nc(C)c(-c2cccc(F)c2)cc1C#N. The van der Waals surface area contributed by atoms with Crippen LogP contribution in [-0.2, 0) is 0 Å². The molecule has 1 aromatic heterocycles. The first kappa shape index (κ1) is 14.0. The third kappa shape index (κ3) is 2.94. The van der Waals surface area contributed by atoms with Crippen LogP contribution in [0.25, 0.3) is 11.1 Å². The van der Waals surface area contributed by atoms with Crippen molar-refractivity contribution in [2.45, 2.75) is 20.3 Å². The summed E-state index contributed by atoms with van der Waals surface area (Å²) in [6.45, 7) is 4.67. The normalized spacial score (nSPS) is 10.1. The van der Waals surface area contributed by atoms with E-state index in [0.29, 0.717) is 11.4 Å². The van der Waals surface area contributed by atoms with Gasteiger partial charge in [0.25, 0.3) is 0 Å². The fourth-order valence-corrected chi connectivity index (χ4v) is 2.02. The maximum absolute atomic E-state index is 13.3. The molecule has 0 atom stereocenters. The summed E-state index contributed by atoms with van der Waals surface area (Å²) in [7, 11) is 0. The van der Waals surface area contributed by atoms with Gasteiger partial charge >= 0.3 is 0 Å². The van der Waals surface area contributed by atoms with Gasteiger partial charge in [0.2, 0.25) is 0 Å². The number of nitriles is 1. The number of hydrogen-bond acceptors (Lipinski definition) is 3. The summed E-state index contributed by atoms with van der Waals surface area (Å²) < 4.78 is 13.3. The van der Waals surface area contributed by atoms with E-state index in [-0.39, 0.29) is 5.82 Å². The number of halogens is 1. The molecule has 0 saturated carbocycles. The van der Waals surface area contributed by atoms with Crippen molar-refractivity contribution in [2.75, 3.05) is 11.9 Å². The fourth-order valence-electron chi connectivity index (χ4n) is 2.02. The van der Waals surface area contributed by atoms with E-state index in [1.807, 2.05) is 19.9 Å². The van der Waals surface area contributed by atoms with Crippen molar-refractivity contribution in [3.8, 4) is 17.2 Å². The largest absolute Gasteiger partial charge is 0.369 e. The summed E-state index contributed by atoms with van der Waals surface area (Å²) in [5.41, 5.74) is 2.76. The molecule has 3 nitrogen and oxygen atoms in total. The molecular formula is C16H16FN3. The topological polar surface area (TPSA) is 48.7 Å². The quantitative estimate of drug-likeness (QED) is 0.916.